The van der Waals surface area contributed by atoms with Crippen LogP contribution in [0.15, 0.2) is 29.6 Å². The van der Waals surface area contributed by atoms with Crippen molar-refractivity contribution in [1.82, 2.24) is 15.3 Å². The Kier molecular flexibility index (Phi) is 3.55. The lowest BCUT2D eigenvalue weighted by molar-refractivity contribution is 0.673. The number of halogens is 1. The molecule has 2 aromatic heterocycles. The van der Waals surface area contributed by atoms with Gasteiger partial charge < -0.3 is 10.3 Å². The second-order valence-corrected chi connectivity index (χ2v) is 5.86. The van der Waals surface area contributed by atoms with Gasteiger partial charge in [-0.15, -0.1) is 11.3 Å². The molecule has 0 spiro atoms. The van der Waals surface area contributed by atoms with E-state index < -0.39 is 0 Å². The van der Waals surface area contributed by atoms with Crippen molar-refractivity contribution in [2.24, 2.45) is 0 Å². The van der Waals surface area contributed by atoms with Crippen LogP contribution in [-0.2, 0) is 13.1 Å². The van der Waals surface area contributed by atoms with Gasteiger partial charge in [0, 0.05) is 35.1 Å². The summed E-state index contributed by atoms with van der Waals surface area (Å²) in [6.45, 7) is 3.49. The van der Waals surface area contributed by atoms with Crippen molar-refractivity contribution in [2.45, 2.75) is 20.0 Å². The number of rotatable bonds is 4. The van der Waals surface area contributed by atoms with Gasteiger partial charge in [-0.05, 0) is 13.0 Å². The van der Waals surface area contributed by atoms with Crippen LogP contribution in [0.4, 0.5) is 0 Å². The van der Waals surface area contributed by atoms with Gasteiger partial charge in [0.2, 0.25) is 0 Å². The molecule has 98 valence electrons. The summed E-state index contributed by atoms with van der Waals surface area (Å²) >= 11 is 8.03. The molecule has 0 amide bonds. The number of benzene rings is 1. The summed E-state index contributed by atoms with van der Waals surface area (Å²) in [5.74, 6) is 0. The molecule has 0 radical (unpaired) electrons. The predicted octanol–water partition coefficient (Wildman–Crippen LogP) is 3.88. The number of aryl methyl sites for hydroxylation is 1. The first kappa shape index (κ1) is 12.7. The number of hydrogen-bond donors (Lipinski definition) is 2. The molecule has 0 atom stereocenters. The summed E-state index contributed by atoms with van der Waals surface area (Å²) in [6.07, 6.45) is 0. The van der Waals surface area contributed by atoms with E-state index in [4.69, 9.17) is 11.6 Å². The summed E-state index contributed by atoms with van der Waals surface area (Å²) in [5, 5.41) is 8.42. The molecule has 0 bridgehead atoms. The van der Waals surface area contributed by atoms with Crippen molar-refractivity contribution >= 4 is 33.8 Å². The molecule has 0 saturated carbocycles. The highest BCUT2D eigenvalue weighted by atomic mass is 35.5. The molecule has 0 aliphatic rings. The second kappa shape index (κ2) is 5.33. The minimum atomic E-state index is 0.712. The van der Waals surface area contributed by atoms with Gasteiger partial charge >= 0.3 is 0 Å². The molecular formula is C14H14ClN3S. The molecule has 1 aromatic carbocycles. The number of aromatic nitrogens is 2. The largest absolute Gasteiger partial charge is 0.356 e. The first-order valence-electron chi connectivity index (χ1n) is 6.11. The van der Waals surface area contributed by atoms with Crippen LogP contribution < -0.4 is 5.32 Å². The van der Waals surface area contributed by atoms with Crippen molar-refractivity contribution in [1.29, 1.82) is 0 Å². The van der Waals surface area contributed by atoms with Crippen LogP contribution in [0, 0.1) is 6.92 Å². The predicted molar refractivity (Wildman–Crippen MR) is 80.7 cm³/mol. The van der Waals surface area contributed by atoms with Crippen molar-refractivity contribution < 1.29 is 0 Å². The fraction of sp³-hybridized carbons (Fsp3) is 0.214. The molecule has 2 N–H and O–H groups in total. The highest BCUT2D eigenvalue weighted by molar-refractivity contribution is 7.09. The standard InChI is InChI=1S/C14H14ClN3S/c1-9-17-10(8-19-9)6-16-7-13-14(15)11-4-2-3-5-12(11)18-13/h2-5,8,16,18H,6-7H2,1H3. The number of nitrogens with zero attached hydrogens (tertiary/aromatic N) is 1. The van der Waals surface area contributed by atoms with E-state index in [1.807, 2.05) is 31.2 Å². The van der Waals surface area contributed by atoms with E-state index in [1.54, 1.807) is 11.3 Å². The zero-order valence-electron chi connectivity index (χ0n) is 10.5. The third-order valence-corrected chi connectivity index (χ3v) is 4.24. The van der Waals surface area contributed by atoms with Gasteiger partial charge in [0.15, 0.2) is 0 Å². The molecule has 2 heterocycles. The number of nitrogens with one attached hydrogen (secondary N) is 2. The van der Waals surface area contributed by atoms with Crippen LogP contribution >= 0.6 is 22.9 Å². The summed E-state index contributed by atoms with van der Waals surface area (Å²) < 4.78 is 0. The maximum Gasteiger partial charge on any atom is 0.0897 e. The maximum atomic E-state index is 6.36. The number of thiazole rings is 1. The number of aromatic amines is 1. The minimum Gasteiger partial charge on any atom is -0.356 e. The molecule has 0 saturated heterocycles. The van der Waals surface area contributed by atoms with Gasteiger partial charge in [0.25, 0.3) is 0 Å². The molecule has 0 aliphatic heterocycles. The lowest BCUT2D eigenvalue weighted by Gasteiger charge is -2.01. The van der Waals surface area contributed by atoms with Crippen molar-refractivity contribution in [3.05, 3.63) is 51.1 Å². The van der Waals surface area contributed by atoms with Crippen LogP contribution in [0.5, 0.6) is 0 Å². The van der Waals surface area contributed by atoms with E-state index in [0.717, 1.165) is 38.9 Å². The van der Waals surface area contributed by atoms with E-state index in [1.165, 1.54) is 0 Å². The zero-order chi connectivity index (χ0) is 13.2. The Morgan fingerprint density at radius 2 is 2.16 bits per heavy atom. The SMILES string of the molecule is Cc1nc(CNCc2[nH]c3ccccc3c2Cl)cs1. The van der Waals surface area contributed by atoms with Gasteiger partial charge in [-0.3, -0.25) is 0 Å². The molecular weight excluding hydrogens is 278 g/mol. The lowest BCUT2D eigenvalue weighted by atomic mass is 10.2. The van der Waals surface area contributed by atoms with Gasteiger partial charge in [-0.1, -0.05) is 29.8 Å². The highest BCUT2D eigenvalue weighted by Gasteiger charge is 2.08. The Morgan fingerprint density at radius 1 is 1.32 bits per heavy atom. The molecule has 0 aliphatic carbocycles. The number of hydrogen-bond acceptors (Lipinski definition) is 3. The first-order chi connectivity index (χ1) is 9.24. The Labute approximate surface area is 120 Å². The Hall–Kier alpha value is -1.36. The van der Waals surface area contributed by atoms with Crippen LogP contribution in [0.2, 0.25) is 5.02 Å². The third kappa shape index (κ3) is 2.66. The van der Waals surface area contributed by atoms with Crippen molar-refractivity contribution in [3.63, 3.8) is 0 Å². The average molecular weight is 292 g/mol. The van der Waals surface area contributed by atoms with E-state index in [2.05, 4.69) is 20.7 Å². The molecule has 3 aromatic rings. The fourth-order valence-corrected chi connectivity index (χ4v) is 2.98. The number of H-pyrrole nitrogens is 1. The topological polar surface area (TPSA) is 40.7 Å². The maximum absolute atomic E-state index is 6.36. The van der Waals surface area contributed by atoms with Crippen molar-refractivity contribution in [3.8, 4) is 0 Å². The smallest absolute Gasteiger partial charge is 0.0897 e. The summed E-state index contributed by atoms with van der Waals surface area (Å²) in [7, 11) is 0. The van der Waals surface area contributed by atoms with E-state index in [0.29, 0.717) is 6.54 Å². The monoisotopic (exact) mass is 291 g/mol. The Balaban J connectivity index is 1.70. The van der Waals surface area contributed by atoms with Gasteiger partial charge in [-0.2, -0.15) is 0 Å². The molecule has 5 heteroatoms. The number of para-hydroxylation sites is 1. The van der Waals surface area contributed by atoms with Gasteiger partial charge in [0.05, 0.1) is 15.7 Å². The quantitative estimate of drug-likeness (QED) is 0.766. The van der Waals surface area contributed by atoms with E-state index >= 15 is 0 Å². The summed E-state index contributed by atoms with van der Waals surface area (Å²) in [6, 6.07) is 8.07. The van der Waals surface area contributed by atoms with Gasteiger partial charge in [-0.25, -0.2) is 4.98 Å². The summed E-state index contributed by atoms with van der Waals surface area (Å²) in [5.41, 5.74) is 3.18. The van der Waals surface area contributed by atoms with Gasteiger partial charge in [0.1, 0.15) is 0 Å². The lowest BCUT2D eigenvalue weighted by Crippen LogP contribution is -2.13. The normalized spacial score (nSPS) is 11.3. The van der Waals surface area contributed by atoms with E-state index in [9.17, 15) is 0 Å². The van der Waals surface area contributed by atoms with Crippen LogP contribution in [0.25, 0.3) is 10.9 Å². The number of fused-ring (bicyclic) bond motifs is 1. The van der Waals surface area contributed by atoms with Crippen LogP contribution in [-0.4, -0.2) is 9.97 Å². The summed E-state index contributed by atoms with van der Waals surface area (Å²) in [4.78, 5) is 7.76. The average Bonchev–Trinajstić information content (AvgIpc) is 2.96. The Bertz CT molecular complexity index is 702. The second-order valence-electron chi connectivity index (χ2n) is 4.42. The first-order valence-corrected chi connectivity index (χ1v) is 7.36. The molecule has 3 rings (SSSR count). The third-order valence-electron chi connectivity index (χ3n) is 2.99. The highest BCUT2D eigenvalue weighted by Crippen LogP contribution is 2.26. The molecule has 19 heavy (non-hydrogen) atoms. The van der Waals surface area contributed by atoms with Crippen molar-refractivity contribution in [2.75, 3.05) is 0 Å². The van der Waals surface area contributed by atoms with E-state index in [-0.39, 0.29) is 0 Å². The Morgan fingerprint density at radius 3 is 2.89 bits per heavy atom. The zero-order valence-corrected chi connectivity index (χ0v) is 12.1. The molecule has 0 unspecified atom stereocenters. The van der Waals surface area contributed by atoms with Crippen LogP contribution in [0.3, 0.4) is 0 Å². The molecule has 0 fully saturated rings. The molecule has 3 nitrogen and oxygen atoms in total. The fourth-order valence-electron chi connectivity index (χ4n) is 2.09. The van der Waals surface area contributed by atoms with Crippen LogP contribution in [0.1, 0.15) is 16.4 Å². The minimum absolute atomic E-state index is 0.712.